The molecule has 2 fully saturated rings. The van der Waals surface area contributed by atoms with Crippen LogP contribution in [0.2, 0.25) is 0 Å². The molecule has 10 atom stereocenters. The summed E-state index contributed by atoms with van der Waals surface area (Å²) in [5.41, 5.74) is 1.03. The Morgan fingerprint density at radius 2 is 1.21 bits per heavy atom. The molecule has 0 aliphatic carbocycles. The van der Waals surface area contributed by atoms with E-state index in [9.17, 15) is 4.79 Å². The van der Waals surface area contributed by atoms with Gasteiger partial charge in [0.2, 0.25) is 0 Å². The van der Waals surface area contributed by atoms with E-state index >= 15 is 0 Å². The second-order valence-electron chi connectivity index (χ2n) is 12.2. The highest BCUT2D eigenvalue weighted by atomic mass is 16.7. The molecule has 0 spiro atoms. The molecule has 0 N–H and O–H groups in total. The molecule has 1 aromatic heterocycles. The van der Waals surface area contributed by atoms with Crippen LogP contribution < -0.4 is 19.6 Å². The third-order valence-corrected chi connectivity index (χ3v) is 9.67. The van der Waals surface area contributed by atoms with Gasteiger partial charge in [0.1, 0.15) is 88.9 Å². The lowest BCUT2D eigenvalue weighted by molar-refractivity contribution is -0.325. The fourth-order valence-corrected chi connectivity index (χ4v) is 7.22. The zero-order valence-electron chi connectivity index (χ0n) is 31.3. The average Bonchev–Trinajstić information content (AvgIpc) is 3.17. The minimum Gasteiger partial charge on any atom is -0.497 e. The lowest BCUT2D eigenvalue weighted by Gasteiger charge is -2.47. The van der Waals surface area contributed by atoms with E-state index < -0.39 is 61.2 Å². The van der Waals surface area contributed by atoms with Crippen LogP contribution in [0.5, 0.6) is 17.2 Å². The lowest BCUT2D eigenvalue weighted by Crippen LogP contribution is -2.62. The maximum absolute atomic E-state index is 13.9. The van der Waals surface area contributed by atoms with E-state index in [1.165, 1.54) is 27.4 Å². The largest absolute Gasteiger partial charge is 0.497 e. The third kappa shape index (κ3) is 7.66. The van der Waals surface area contributed by atoms with Crippen molar-refractivity contribution >= 4 is 11.0 Å². The predicted octanol–water partition coefficient (Wildman–Crippen LogP) is 3.40. The molecule has 0 saturated carbocycles. The highest BCUT2D eigenvalue weighted by Gasteiger charge is 2.52. The first-order chi connectivity index (χ1) is 25.3. The van der Waals surface area contributed by atoms with Crippen LogP contribution in [0.1, 0.15) is 11.7 Å². The van der Waals surface area contributed by atoms with Crippen molar-refractivity contribution in [1.29, 1.82) is 0 Å². The van der Waals surface area contributed by atoms with Gasteiger partial charge in [-0.25, -0.2) is 0 Å². The van der Waals surface area contributed by atoms with Gasteiger partial charge in [-0.1, -0.05) is 0 Å². The molecule has 2 aromatic carbocycles. The fourth-order valence-electron chi connectivity index (χ4n) is 7.22. The summed E-state index contributed by atoms with van der Waals surface area (Å²) in [4.78, 5) is 13.9. The summed E-state index contributed by atoms with van der Waals surface area (Å²) in [6.45, 7) is 0.199. The maximum atomic E-state index is 13.9. The summed E-state index contributed by atoms with van der Waals surface area (Å²) in [5, 5.41) is 0.200. The zero-order valence-corrected chi connectivity index (χ0v) is 31.3. The zero-order chi connectivity index (χ0) is 37.5. The van der Waals surface area contributed by atoms with Crippen LogP contribution in [0, 0.1) is 0 Å². The van der Waals surface area contributed by atoms with Crippen molar-refractivity contribution in [3.05, 3.63) is 52.2 Å². The van der Waals surface area contributed by atoms with Crippen molar-refractivity contribution in [2.45, 2.75) is 61.2 Å². The van der Waals surface area contributed by atoms with Crippen molar-refractivity contribution in [2.24, 2.45) is 0 Å². The molecule has 15 nitrogen and oxygen atoms in total. The molecule has 0 bridgehead atoms. The summed E-state index contributed by atoms with van der Waals surface area (Å²) in [6, 6.07) is 10.2. The first-order valence-electron chi connectivity index (χ1n) is 16.7. The van der Waals surface area contributed by atoms with Crippen LogP contribution in [-0.2, 0) is 47.4 Å². The van der Waals surface area contributed by atoms with E-state index in [-0.39, 0.29) is 35.4 Å². The normalized spacial score (nSPS) is 29.3. The van der Waals surface area contributed by atoms with Crippen molar-refractivity contribution in [1.82, 2.24) is 0 Å². The number of methoxy groups -OCH3 is 10. The molecule has 2 saturated heterocycles. The smallest absolute Gasteiger partial charge is 0.197 e. The molecule has 288 valence electrons. The fraction of sp³-hybridized carbons (Fsp3) is 0.595. The van der Waals surface area contributed by atoms with Crippen molar-refractivity contribution < 1.29 is 66.0 Å². The van der Waals surface area contributed by atoms with Gasteiger partial charge in [-0.3, -0.25) is 4.79 Å². The minimum absolute atomic E-state index is 0.0326. The van der Waals surface area contributed by atoms with Crippen molar-refractivity contribution in [3.8, 4) is 28.6 Å². The van der Waals surface area contributed by atoms with Gasteiger partial charge >= 0.3 is 0 Å². The van der Waals surface area contributed by atoms with Gasteiger partial charge in [0, 0.05) is 67.5 Å². The number of fused-ring (bicyclic) bond motifs is 1. The molecule has 3 aromatic rings. The van der Waals surface area contributed by atoms with E-state index in [2.05, 4.69) is 0 Å². The summed E-state index contributed by atoms with van der Waals surface area (Å²) >= 11 is 0. The van der Waals surface area contributed by atoms with Crippen LogP contribution in [-0.4, -0.2) is 139 Å². The van der Waals surface area contributed by atoms with Crippen molar-refractivity contribution in [2.75, 3.05) is 84.3 Å². The quantitative estimate of drug-likeness (QED) is 0.211. The van der Waals surface area contributed by atoms with Gasteiger partial charge in [-0.05, 0) is 24.3 Å². The monoisotopic (exact) mass is 734 g/mol. The number of hydrogen-bond donors (Lipinski definition) is 0. The second-order valence-corrected chi connectivity index (χ2v) is 12.2. The predicted molar refractivity (Wildman–Crippen MR) is 186 cm³/mol. The third-order valence-electron chi connectivity index (χ3n) is 9.67. The van der Waals surface area contributed by atoms with Crippen LogP contribution in [0.3, 0.4) is 0 Å². The van der Waals surface area contributed by atoms with E-state index in [0.717, 1.165) is 0 Å². The van der Waals surface area contributed by atoms with Crippen LogP contribution in [0.15, 0.2) is 45.6 Å². The Hall–Kier alpha value is -3.35. The van der Waals surface area contributed by atoms with Gasteiger partial charge in [-0.2, -0.15) is 0 Å². The van der Waals surface area contributed by atoms with E-state index in [1.54, 1.807) is 80.1 Å². The topological polar surface area (TPSA) is 150 Å². The van der Waals surface area contributed by atoms with Gasteiger partial charge in [0.15, 0.2) is 11.7 Å². The Kier molecular flexibility index (Phi) is 13.9. The standard InChI is InChI=1S/C37H50O15/c1-39-17-25-29(42-4)34(46-8)36(48-10)37(52-25)49-18-26-30(43-5)33(45-7)35(47-9)32(51-26)28-23(41-3)16-24-27(31(28)44-6)21(38)15-22(50-24)19-11-13-20(40-2)14-12-19/h11-16,25-26,29-30,32-37H,17-18H2,1-10H3. The highest BCUT2D eigenvalue weighted by Crippen LogP contribution is 2.47. The van der Waals surface area contributed by atoms with Gasteiger partial charge in [-0.15, -0.1) is 0 Å². The number of rotatable bonds is 16. The Balaban J connectivity index is 1.54. The molecule has 0 radical (unpaired) electrons. The SMILES string of the molecule is COCC1OC(OCC2OC(c3c(OC)cc4oc(-c5ccc(OC)cc5)cc(=O)c4c3OC)C(OC)C(OC)C2OC)C(OC)C(OC)C1OC. The first-order valence-corrected chi connectivity index (χ1v) is 16.7. The molecule has 3 heterocycles. The average molecular weight is 735 g/mol. The first kappa shape index (κ1) is 39.8. The molecule has 10 unspecified atom stereocenters. The van der Waals surface area contributed by atoms with Gasteiger partial charge in [0.25, 0.3) is 0 Å². The lowest BCUT2D eigenvalue weighted by atomic mass is 9.89. The Bertz CT molecular complexity index is 1640. The summed E-state index contributed by atoms with van der Waals surface area (Å²) < 4.78 is 83.6. The summed E-state index contributed by atoms with van der Waals surface area (Å²) in [7, 11) is 15.5. The Morgan fingerprint density at radius 3 is 1.75 bits per heavy atom. The number of ether oxygens (including phenoxy) is 13. The Labute approximate surface area is 303 Å². The summed E-state index contributed by atoms with van der Waals surface area (Å²) in [6.07, 6.45) is -6.80. The second kappa shape index (κ2) is 18.1. The van der Waals surface area contributed by atoms with E-state index in [0.29, 0.717) is 28.4 Å². The highest BCUT2D eigenvalue weighted by molar-refractivity contribution is 5.88. The molecule has 2 aliphatic heterocycles. The maximum Gasteiger partial charge on any atom is 0.197 e. The van der Waals surface area contributed by atoms with Gasteiger partial charge < -0.3 is 66.0 Å². The number of hydrogen-bond acceptors (Lipinski definition) is 15. The summed E-state index contributed by atoms with van der Waals surface area (Å²) in [5.74, 6) is 1.57. The molecular formula is C37H50O15. The van der Waals surface area contributed by atoms with Crippen molar-refractivity contribution in [3.63, 3.8) is 0 Å². The number of benzene rings is 2. The molecule has 52 heavy (non-hydrogen) atoms. The van der Waals surface area contributed by atoms with Crippen LogP contribution >= 0.6 is 0 Å². The molecule has 5 rings (SSSR count). The van der Waals surface area contributed by atoms with Gasteiger partial charge in [0.05, 0.1) is 40.1 Å². The minimum atomic E-state index is -0.902. The van der Waals surface area contributed by atoms with E-state index in [4.69, 9.17) is 66.0 Å². The van der Waals surface area contributed by atoms with Crippen LogP contribution in [0.4, 0.5) is 0 Å². The van der Waals surface area contributed by atoms with Crippen LogP contribution in [0.25, 0.3) is 22.3 Å². The molecule has 2 aliphatic rings. The molecule has 15 heteroatoms. The molecular weight excluding hydrogens is 684 g/mol. The molecule has 0 amide bonds. The Morgan fingerprint density at radius 1 is 0.615 bits per heavy atom. The van der Waals surface area contributed by atoms with E-state index in [1.807, 2.05) is 0 Å².